The van der Waals surface area contributed by atoms with Gasteiger partial charge in [-0.2, -0.15) is 0 Å². The van der Waals surface area contributed by atoms with E-state index in [-0.39, 0.29) is 11.7 Å². The molecular weight excluding hydrogens is 290 g/mol. The normalized spacial score (nSPS) is 10.4. The van der Waals surface area contributed by atoms with Crippen LogP contribution in [-0.4, -0.2) is 42.6 Å². The van der Waals surface area contributed by atoms with E-state index in [4.69, 9.17) is 9.15 Å². The Morgan fingerprint density at radius 3 is 2.62 bits per heavy atom. The van der Waals surface area contributed by atoms with Crippen molar-refractivity contribution in [1.82, 2.24) is 10.2 Å². The average molecular weight is 307 g/mol. The summed E-state index contributed by atoms with van der Waals surface area (Å²) in [6.45, 7) is 2.14. The lowest BCUT2D eigenvalue weighted by molar-refractivity contribution is -0.139. The molecule has 0 N–H and O–H groups in total. The third kappa shape index (κ3) is 4.22. The van der Waals surface area contributed by atoms with Gasteiger partial charge in [0.25, 0.3) is 5.22 Å². The molecule has 6 nitrogen and oxygen atoms in total. The number of nitrogens with zero attached hydrogens (tertiary/aromatic N) is 3. The topological polar surface area (TPSA) is 68.5 Å². The lowest BCUT2D eigenvalue weighted by Crippen LogP contribution is -2.07. The summed E-state index contributed by atoms with van der Waals surface area (Å²) in [6.07, 6.45) is 0. The zero-order valence-corrected chi connectivity index (χ0v) is 13.0. The monoisotopic (exact) mass is 307 g/mol. The zero-order valence-electron chi connectivity index (χ0n) is 12.2. The van der Waals surface area contributed by atoms with Crippen molar-refractivity contribution in [3.8, 4) is 11.5 Å². The first-order chi connectivity index (χ1) is 10.1. The van der Waals surface area contributed by atoms with Gasteiger partial charge in [0.15, 0.2) is 0 Å². The second-order valence-electron chi connectivity index (χ2n) is 4.41. The van der Waals surface area contributed by atoms with Crippen LogP contribution in [0.4, 0.5) is 5.69 Å². The number of aromatic nitrogens is 2. The van der Waals surface area contributed by atoms with E-state index in [1.807, 2.05) is 43.3 Å². The van der Waals surface area contributed by atoms with Crippen molar-refractivity contribution in [3.63, 3.8) is 0 Å². The predicted octanol–water partition coefficient (Wildman–Crippen LogP) is 2.46. The van der Waals surface area contributed by atoms with Crippen LogP contribution in [0.15, 0.2) is 33.9 Å². The smallest absolute Gasteiger partial charge is 0.316 e. The van der Waals surface area contributed by atoms with Crippen LogP contribution in [0, 0.1) is 0 Å². The highest BCUT2D eigenvalue weighted by atomic mass is 32.2. The molecule has 2 rings (SSSR count). The van der Waals surface area contributed by atoms with Crippen LogP contribution < -0.4 is 4.90 Å². The lowest BCUT2D eigenvalue weighted by atomic mass is 10.2. The van der Waals surface area contributed by atoms with E-state index in [9.17, 15) is 4.79 Å². The quantitative estimate of drug-likeness (QED) is 0.599. The van der Waals surface area contributed by atoms with Crippen molar-refractivity contribution in [2.45, 2.75) is 12.1 Å². The largest absolute Gasteiger partial charge is 0.465 e. The Morgan fingerprint density at radius 1 is 1.29 bits per heavy atom. The molecule has 0 unspecified atom stereocenters. The Kier molecular flexibility index (Phi) is 5.21. The van der Waals surface area contributed by atoms with Crippen molar-refractivity contribution in [2.75, 3.05) is 31.4 Å². The van der Waals surface area contributed by atoms with Gasteiger partial charge in [-0.25, -0.2) is 0 Å². The number of esters is 1. The van der Waals surface area contributed by atoms with Gasteiger partial charge in [0, 0.05) is 25.3 Å². The number of carbonyl (C=O) groups excluding carboxylic acids is 1. The van der Waals surface area contributed by atoms with Gasteiger partial charge in [-0.1, -0.05) is 11.8 Å². The fourth-order valence-electron chi connectivity index (χ4n) is 1.61. The number of hydrogen-bond acceptors (Lipinski definition) is 7. The Balaban J connectivity index is 2.00. The number of anilines is 1. The molecule has 0 saturated carbocycles. The van der Waals surface area contributed by atoms with Crippen LogP contribution in [0.3, 0.4) is 0 Å². The van der Waals surface area contributed by atoms with Crippen LogP contribution in [0.2, 0.25) is 0 Å². The van der Waals surface area contributed by atoms with Crippen LogP contribution in [0.5, 0.6) is 0 Å². The Labute approximate surface area is 127 Å². The summed E-state index contributed by atoms with van der Waals surface area (Å²) in [6, 6.07) is 7.79. The standard InChI is InChI=1S/C14H17N3O3S/c1-4-19-12(18)9-21-14-16-15-13(20-14)10-5-7-11(8-6-10)17(2)3/h5-8H,4,9H2,1-3H3. The molecule has 0 atom stereocenters. The number of carbonyl (C=O) groups is 1. The maximum atomic E-state index is 11.3. The molecule has 0 fully saturated rings. The molecule has 0 aliphatic rings. The highest BCUT2D eigenvalue weighted by Gasteiger charge is 2.11. The first-order valence-corrected chi connectivity index (χ1v) is 7.48. The highest BCUT2D eigenvalue weighted by Crippen LogP contribution is 2.24. The van der Waals surface area contributed by atoms with Crippen molar-refractivity contribution < 1.29 is 13.9 Å². The SMILES string of the molecule is CCOC(=O)CSc1nnc(-c2ccc(N(C)C)cc2)o1. The zero-order chi connectivity index (χ0) is 15.2. The number of hydrogen-bond donors (Lipinski definition) is 0. The van der Waals surface area contributed by atoms with Gasteiger partial charge in [-0.3, -0.25) is 4.79 Å². The summed E-state index contributed by atoms with van der Waals surface area (Å²) in [4.78, 5) is 13.3. The Morgan fingerprint density at radius 2 is 2.00 bits per heavy atom. The summed E-state index contributed by atoms with van der Waals surface area (Å²) in [5.74, 6) is 0.305. The molecule has 0 amide bonds. The highest BCUT2D eigenvalue weighted by molar-refractivity contribution is 7.99. The van der Waals surface area contributed by atoms with Crippen molar-refractivity contribution >= 4 is 23.4 Å². The maximum absolute atomic E-state index is 11.3. The molecule has 0 radical (unpaired) electrons. The van der Waals surface area contributed by atoms with E-state index in [0.717, 1.165) is 11.3 Å². The maximum Gasteiger partial charge on any atom is 0.316 e. The van der Waals surface area contributed by atoms with Gasteiger partial charge in [0.1, 0.15) is 5.75 Å². The number of rotatable bonds is 6. The molecule has 21 heavy (non-hydrogen) atoms. The molecule has 0 saturated heterocycles. The molecule has 2 aromatic rings. The van der Waals surface area contributed by atoms with Crippen LogP contribution in [0.25, 0.3) is 11.5 Å². The molecule has 0 bridgehead atoms. The molecule has 1 heterocycles. The van der Waals surface area contributed by atoms with Crippen LogP contribution >= 0.6 is 11.8 Å². The molecular formula is C14H17N3O3S. The minimum atomic E-state index is -0.294. The molecule has 7 heteroatoms. The van der Waals surface area contributed by atoms with Crippen molar-refractivity contribution in [1.29, 1.82) is 0 Å². The van der Waals surface area contributed by atoms with E-state index < -0.39 is 0 Å². The van der Waals surface area contributed by atoms with Crippen molar-refractivity contribution in [2.24, 2.45) is 0 Å². The first kappa shape index (κ1) is 15.4. The number of thioether (sulfide) groups is 1. The molecule has 1 aromatic carbocycles. The summed E-state index contributed by atoms with van der Waals surface area (Å²) in [5.41, 5.74) is 1.94. The van der Waals surface area contributed by atoms with E-state index in [1.54, 1.807) is 6.92 Å². The molecule has 1 aromatic heterocycles. The average Bonchev–Trinajstić information content (AvgIpc) is 2.94. The van der Waals surface area contributed by atoms with Gasteiger partial charge in [-0.15, -0.1) is 10.2 Å². The second-order valence-corrected chi connectivity index (χ2v) is 5.33. The van der Waals surface area contributed by atoms with Crippen molar-refractivity contribution in [3.05, 3.63) is 24.3 Å². The lowest BCUT2D eigenvalue weighted by Gasteiger charge is -2.11. The Hall–Kier alpha value is -2.02. The predicted molar refractivity (Wildman–Crippen MR) is 81.4 cm³/mol. The fourth-order valence-corrected chi connectivity index (χ4v) is 2.17. The van der Waals surface area contributed by atoms with Gasteiger partial charge in [0.2, 0.25) is 5.89 Å². The van der Waals surface area contributed by atoms with Crippen LogP contribution in [-0.2, 0) is 9.53 Å². The Bertz CT molecular complexity index is 596. The van der Waals surface area contributed by atoms with Gasteiger partial charge in [0.05, 0.1) is 6.61 Å². The first-order valence-electron chi connectivity index (χ1n) is 6.50. The molecule has 112 valence electrons. The minimum Gasteiger partial charge on any atom is -0.465 e. The minimum absolute atomic E-state index is 0.162. The molecule has 0 spiro atoms. The van der Waals surface area contributed by atoms with Gasteiger partial charge < -0.3 is 14.1 Å². The van der Waals surface area contributed by atoms with Crippen LogP contribution in [0.1, 0.15) is 6.92 Å². The van der Waals surface area contributed by atoms with E-state index in [0.29, 0.717) is 17.7 Å². The summed E-state index contributed by atoms with van der Waals surface area (Å²) in [7, 11) is 3.96. The van der Waals surface area contributed by atoms with E-state index in [1.165, 1.54) is 11.8 Å². The summed E-state index contributed by atoms with van der Waals surface area (Å²) in [5, 5.41) is 8.25. The van der Waals surface area contributed by atoms with Gasteiger partial charge in [-0.05, 0) is 31.2 Å². The summed E-state index contributed by atoms with van der Waals surface area (Å²) < 4.78 is 10.4. The summed E-state index contributed by atoms with van der Waals surface area (Å²) >= 11 is 1.17. The fraction of sp³-hybridized carbons (Fsp3) is 0.357. The number of ether oxygens (including phenoxy) is 1. The second kappa shape index (κ2) is 7.12. The molecule has 0 aliphatic carbocycles. The van der Waals surface area contributed by atoms with E-state index >= 15 is 0 Å². The van der Waals surface area contributed by atoms with Gasteiger partial charge >= 0.3 is 5.97 Å². The van der Waals surface area contributed by atoms with E-state index in [2.05, 4.69) is 10.2 Å². The third-order valence-electron chi connectivity index (χ3n) is 2.66. The molecule has 0 aliphatic heterocycles. The third-order valence-corrected chi connectivity index (χ3v) is 3.45. The number of benzene rings is 1.